The Kier molecular flexibility index (Phi) is 4.63. The van der Waals surface area contributed by atoms with Gasteiger partial charge in [-0.25, -0.2) is 0 Å². The molecule has 2 aliphatic heterocycles. The molecule has 0 aliphatic carbocycles. The number of rotatable bonds is 3. The summed E-state index contributed by atoms with van der Waals surface area (Å²) in [5.41, 5.74) is 4.14. The molecule has 0 bridgehead atoms. The van der Waals surface area contributed by atoms with Crippen molar-refractivity contribution in [3.8, 4) is 0 Å². The molecule has 1 unspecified atom stereocenters. The first kappa shape index (κ1) is 15.8. The third kappa shape index (κ3) is 2.99. The Labute approximate surface area is 149 Å². The fourth-order valence-corrected chi connectivity index (χ4v) is 4.78. The lowest BCUT2D eigenvalue weighted by molar-refractivity contribution is 0.436. The first-order chi connectivity index (χ1) is 11.9. The largest absolute Gasteiger partial charge is 0.315 e. The predicted octanol–water partition coefficient (Wildman–Crippen LogP) is 5.58. The summed E-state index contributed by atoms with van der Waals surface area (Å²) in [6, 6.07) is 17.5. The van der Waals surface area contributed by atoms with Crippen LogP contribution in [0.15, 0.2) is 70.1 Å². The Morgan fingerprint density at radius 1 is 1.08 bits per heavy atom. The minimum atomic E-state index is 0.713. The van der Waals surface area contributed by atoms with Gasteiger partial charge in [0.15, 0.2) is 0 Å². The topological polar surface area (TPSA) is 15.3 Å². The van der Waals surface area contributed by atoms with Crippen LogP contribution in [0.1, 0.15) is 26.2 Å². The highest BCUT2D eigenvalue weighted by atomic mass is 32.2. The number of anilines is 2. The Morgan fingerprint density at radius 2 is 1.75 bits per heavy atom. The summed E-state index contributed by atoms with van der Waals surface area (Å²) >= 11 is 1.87. The SMILES string of the molecule is CCCC1CCNC/C1=C/N1c2ccccc2Sc2ccccc21. The fraction of sp³-hybridized carbons (Fsp3) is 0.333. The zero-order valence-electron chi connectivity index (χ0n) is 14.2. The molecule has 2 aromatic carbocycles. The van der Waals surface area contributed by atoms with Crippen molar-refractivity contribution < 1.29 is 0 Å². The number of hydrogen-bond donors (Lipinski definition) is 1. The molecule has 2 aliphatic rings. The number of nitrogens with zero attached hydrogens (tertiary/aromatic N) is 1. The second-order valence-electron chi connectivity index (χ2n) is 6.56. The summed E-state index contributed by atoms with van der Waals surface area (Å²) < 4.78 is 0. The average Bonchev–Trinajstić information content (AvgIpc) is 2.63. The van der Waals surface area contributed by atoms with E-state index in [9.17, 15) is 0 Å². The molecular formula is C21H24N2S. The van der Waals surface area contributed by atoms with Crippen LogP contribution in [0.25, 0.3) is 0 Å². The number of piperidine rings is 1. The minimum Gasteiger partial charge on any atom is -0.315 e. The number of para-hydroxylation sites is 2. The normalized spacial score (nSPS) is 21.5. The van der Waals surface area contributed by atoms with Gasteiger partial charge in [-0.2, -0.15) is 0 Å². The molecule has 0 amide bonds. The summed E-state index contributed by atoms with van der Waals surface area (Å²) in [5.74, 6) is 0.713. The lowest BCUT2D eigenvalue weighted by Gasteiger charge is -2.33. The average molecular weight is 337 g/mol. The zero-order valence-corrected chi connectivity index (χ0v) is 15.0. The van der Waals surface area contributed by atoms with Gasteiger partial charge in [-0.05, 0) is 55.1 Å². The highest BCUT2D eigenvalue weighted by Gasteiger charge is 2.24. The molecule has 0 spiro atoms. The molecule has 2 heterocycles. The molecule has 3 heteroatoms. The van der Waals surface area contributed by atoms with Crippen LogP contribution >= 0.6 is 11.8 Å². The second kappa shape index (κ2) is 7.04. The van der Waals surface area contributed by atoms with E-state index in [1.54, 1.807) is 5.57 Å². The van der Waals surface area contributed by atoms with Crippen molar-refractivity contribution in [3.63, 3.8) is 0 Å². The van der Waals surface area contributed by atoms with E-state index >= 15 is 0 Å². The molecule has 0 saturated carbocycles. The third-order valence-electron chi connectivity index (χ3n) is 4.92. The van der Waals surface area contributed by atoms with E-state index in [0.29, 0.717) is 5.92 Å². The molecular weight excluding hydrogens is 312 g/mol. The standard InChI is InChI=1S/C21H24N2S/c1-2-7-16-12-13-22-14-17(16)15-23-18-8-3-5-10-20(18)24-21-11-6-4-9-19(21)23/h3-6,8-11,15-16,22H,2,7,12-14H2,1H3/b17-15-. The van der Waals surface area contributed by atoms with Crippen LogP contribution in [0.5, 0.6) is 0 Å². The number of fused-ring (bicyclic) bond motifs is 2. The Morgan fingerprint density at radius 3 is 2.42 bits per heavy atom. The van der Waals surface area contributed by atoms with Crippen LogP contribution in [0.4, 0.5) is 11.4 Å². The molecule has 1 atom stereocenters. The lowest BCUT2D eigenvalue weighted by atomic mass is 9.89. The molecule has 4 rings (SSSR count). The smallest absolute Gasteiger partial charge is 0.0595 e. The van der Waals surface area contributed by atoms with Crippen molar-refractivity contribution in [1.82, 2.24) is 5.32 Å². The van der Waals surface area contributed by atoms with Gasteiger partial charge in [0.25, 0.3) is 0 Å². The molecule has 1 saturated heterocycles. The molecule has 124 valence electrons. The van der Waals surface area contributed by atoms with Crippen molar-refractivity contribution in [2.24, 2.45) is 5.92 Å². The Balaban J connectivity index is 1.78. The summed E-state index contributed by atoms with van der Waals surface area (Å²) in [7, 11) is 0. The van der Waals surface area contributed by atoms with Crippen LogP contribution in [0, 0.1) is 5.92 Å². The first-order valence-electron chi connectivity index (χ1n) is 8.93. The predicted molar refractivity (Wildman–Crippen MR) is 103 cm³/mol. The van der Waals surface area contributed by atoms with Crippen LogP contribution in [0.3, 0.4) is 0 Å². The van der Waals surface area contributed by atoms with Crippen molar-refractivity contribution >= 4 is 23.1 Å². The summed E-state index contributed by atoms with van der Waals surface area (Å²) in [5, 5.41) is 3.56. The second-order valence-corrected chi connectivity index (χ2v) is 7.65. The van der Waals surface area contributed by atoms with E-state index in [1.807, 2.05) is 11.8 Å². The van der Waals surface area contributed by atoms with Gasteiger partial charge < -0.3 is 10.2 Å². The van der Waals surface area contributed by atoms with E-state index in [2.05, 4.69) is 71.9 Å². The van der Waals surface area contributed by atoms with E-state index in [1.165, 1.54) is 40.4 Å². The summed E-state index contributed by atoms with van der Waals surface area (Å²) in [6.45, 7) is 4.45. The van der Waals surface area contributed by atoms with Gasteiger partial charge in [-0.3, -0.25) is 0 Å². The van der Waals surface area contributed by atoms with E-state index in [4.69, 9.17) is 0 Å². The minimum absolute atomic E-state index is 0.713. The molecule has 0 radical (unpaired) electrons. The molecule has 1 N–H and O–H groups in total. The quantitative estimate of drug-likeness (QED) is 0.787. The van der Waals surface area contributed by atoms with Gasteiger partial charge in [0.1, 0.15) is 0 Å². The molecule has 1 fully saturated rings. The van der Waals surface area contributed by atoms with Gasteiger partial charge in [0.2, 0.25) is 0 Å². The van der Waals surface area contributed by atoms with E-state index < -0.39 is 0 Å². The van der Waals surface area contributed by atoms with E-state index in [0.717, 1.165) is 13.1 Å². The van der Waals surface area contributed by atoms with Gasteiger partial charge in [0.05, 0.1) is 11.4 Å². The third-order valence-corrected chi connectivity index (χ3v) is 6.05. The first-order valence-corrected chi connectivity index (χ1v) is 9.75. The molecule has 0 aromatic heterocycles. The van der Waals surface area contributed by atoms with Gasteiger partial charge in [-0.15, -0.1) is 0 Å². The van der Waals surface area contributed by atoms with Crippen molar-refractivity contribution in [2.45, 2.75) is 36.0 Å². The van der Waals surface area contributed by atoms with Crippen LogP contribution < -0.4 is 10.2 Å². The highest BCUT2D eigenvalue weighted by molar-refractivity contribution is 7.99. The Bertz CT molecular complexity index is 706. The summed E-state index contributed by atoms with van der Waals surface area (Å²) in [6.07, 6.45) is 6.21. The van der Waals surface area contributed by atoms with Crippen LogP contribution in [-0.2, 0) is 0 Å². The highest BCUT2D eigenvalue weighted by Crippen LogP contribution is 2.48. The Hall–Kier alpha value is -1.71. The molecule has 2 aromatic rings. The molecule has 24 heavy (non-hydrogen) atoms. The van der Waals surface area contributed by atoms with Crippen molar-refractivity contribution in [2.75, 3.05) is 18.0 Å². The van der Waals surface area contributed by atoms with Crippen LogP contribution in [-0.4, -0.2) is 13.1 Å². The summed E-state index contributed by atoms with van der Waals surface area (Å²) in [4.78, 5) is 5.08. The maximum atomic E-state index is 3.56. The van der Waals surface area contributed by atoms with Crippen molar-refractivity contribution in [1.29, 1.82) is 0 Å². The lowest BCUT2D eigenvalue weighted by Crippen LogP contribution is -2.31. The van der Waals surface area contributed by atoms with E-state index in [-0.39, 0.29) is 0 Å². The monoisotopic (exact) mass is 336 g/mol. The number of benzene rings is 2. The van der Waals surface area contributed by atoms with Crippen molar-refractivity contribution in [3.05, 3.63) is 60.3 Å². The number of nitrogens with one attached hydrogen (secondary N) is 1. The van der Waals surface area contributed by atoms with Crippen LogP contribution in [0.2, 0.25) is 0 Å². The zero-order chi connectivity index (χ0) is 16.4. The maximum Gasteiger partial charge on any atom is 0.0595 e. The molecule has 2 nitrogen and oxygen atoms in total. The van der Waals surface area contributed by atoms with Gasteiger partial charge in [-0.1, -0.05) is 49.4 Å². The van der Waals surface area contributed by atoms with Gasteiger partial charge >= 0.3 is 0 Å². The fourth-order valence-electron chi connectivity index (χ4n) is 3.71. The van der Waals surface area contributed by atoms with Gasteiger partial charge in [0, 0.05) is 22.5 Å². The number of hydrogen-bond acceptors (Lipinski definition) is 3. The maximum absolute atomic E-state index is 3.56.